The second-order valence-corrected chi connectivity index (χ2v) is 15.6. The zero-order valence-electron chi connectivity index (χ0n) is 25.3. The van der Waals surface area contributed by atoms with Gasteiger partial charge in [0.2, 0.25) is 0 Å². The van der Waals surface area contributed by atoms with Crippen molar-refractivity contribution in [3.8, 4) is 11.5 Å². The Labute approximate surface area is 231 Å². The van der Waals surface area contributed by atoms with E-state index in [1.54, 1.807) is 0 Å². The van der Waals surface area contributed by atoms with Crippen molar-refractivity contribution in [2.75, 3.05) is 0 Å². The maximum atomic E-state index is 12.1. The van der Waals surface area contributed by atoms with Gasteiger partial charge in [0.1, 0.15) is 0 Å². The van der Waals surface area contributed by atoms with Gasteiger partial charge in [0.15, 0.2) is 11.5 Å². The highest BCUT2D eigenvalue weighted by atomic mass is 31.1. The lowest BCUT2D eigenvalue weighted by Gasteiger charge is -2.31. The van der Waals surface area contributed by atoms with Crippen LogP contribution in [-0.2, 0) is 30.8 Å². The first-order valence-electron chi connectivity index (χ1n) is 13.0. The molecule has 0 aliphatic carbocycles. The molecule has 2 aromatic rings. The van der Waals surface area contributed by atoms with Crippen molar-refractivity contribution in [1.82, 2.24) is 0 Å². The number of rotatable bonds is 6. The van der Waals surface area contributed by atoms with Crippen LogP contribution in [0.1, 0.15) is 129 Å². The van der Waals surface area contributed by atoms with Gasteiger partial charge >= 0.3 is 16.5 Å². The van der Waals surface area contributed by atoms with Gasteiger partial charge in [-0.25, -0.2) is 9.05 Å². The molecule has 0 aromatic heterocycles. The van der Waals surface area contributed by atoms with Crippen molar-refractivity contribution in [3.63, 3.8) is 0 Å². The zero-order valence-corrected chi connectivity index (χ0v) is 27.1. The molecule has 0 bridgehead atoms. The van der Waals surface area contributed by atoms with Crippen LogP contribution < -0.4 is 9.05 Å². The second kappa shape index (κ2) is 11.0. The fourth-order valence-corrected chi connectivity index (χ4v) is 5.17. The van der Waals surface area contributed by atoms with Crippen molar-refractivity contribution in [3.05, 3.63) is 57.6 Å². The van der Waals surface area contributed by atoms with E-state index in [0.29, 0.717) is 11.5 Å². The molecule has 2 atom stereocenters. The summed E-state index contributed by atoms with van der Waals surface area (Å²) >= 11 is 0. The highest BCUT2D eigenvalue weighted by molar-refractivity contribution is 7.32. The molecular weight excluding hydrogens is 518 g/mol. The molecule has 0 aliphatic rings. The van der Waals surface area contributed by atoms with Crippen molar-refractivity contribution in [1.29, 1.82) is 0 Å². The first-order valence-corrected chi connectivity index (χ1v) is 15.3. The largest absolute Gasteiger partial charge is 0.747 e. The molecule has 2 aromatic carbocycles. The fraction of sp³-hybridized carbons (Fsp3) is 0.600. The van der Waals surface area contributed by atoms with Crippen LogP contribution in [-0.4, -0.2) is 9.79 Å². The summed E-state index contributed by atoms with van der Waals surface area (Å²) < 4.78 is 35.4. The molecule has 38 heavy (non-hydrogen) atoms. The number of benzene rings is 2. The van der Waals surface area contributed by atoms with Gasteiger partial charge in [0.25, 0.3) is 0 Å². The van der Waals surface area contributed by atoms with Crippen LogP contribution >= 0.6 is 16.5 Å². The summed E-state index contributed by atoms with van der Waals surface area (Å²) in [6.07, 6.45) is 0. The van der Waals surface area contributed by atoms with Gasteiger partial charge in [-0.15, -0.1) is 9.79 Å². The minimum atomic E-state index is -2.93. The Balaban J connectivity index is 3.12. The van der Waals surface area contributed by atoms with Gasteiger partial charge < -0.3 is 0 Å². The van der Waals surface area contributed by atoms with Gasteiger partial charge in [0, 0.05) is 37.3 Å². The Morgan fingerprint density at radius 1 is 0.579 bits per heavy atom. The average molecular weight is 565 g/mol. The number of hydrogen-bond donors (Lipinski definition) is 2. The summed E-state index contributed by atoms with van der Waals surface area (Å²) in [5, 5.41) is 0. The van der Waals surface area contributed by atoms with E-state index in [-0.39, 0.29) is 21.7 Å². The molecule has 2 unspecified atom stereocenters. The third kappa shape index (κ3) is 7.63. The molecule has 0 heterocycles. The normalized spacial score (nSPS) is 14.7. The summed E-state index contributed by atoms with van der Waals surface area (Å²) in [6.45, 7) is 27.0. The molecule has 210 valence electrons. The summed E-state index contributed by atoms with van der Waals surface area (Å²) in [4.78, 5) is 19.7. The van der Waals surface area contributed by atoms with Crippen LogP contribution in [0.3, 0.4) is 0 Å². The standard InChI is InChI=1S/C30H44O6P2/c1-18(21-14-19(27(2,3)4)16-23(29(8,9)10)25(21)35-37(31)32)22-15-20(28(5,6)7)17-24(30(11,12)13)26(22)36-38(33)34/h14-18H,1-13H3/p+2. The van der Waals surface area contributed by atoms with E-state index in [1.807, 2.05) is 60.6 Å². The first kappa shape index (κ1) is 32.4. The molecule has 6 nitrogen and oxygen atoms in total. The van der Waals surface area contributed by atoms with Crippen molar-refractivity contribution < 1.29 is 28.0 Å². The lowest BCUT2D eigenvalue weighted by Crippen LogP contribution is -2.21. The Kier molecular flexibility index (Phi) is 9.34. The molecule has 0 saturated carbocycles. The van der Waals surface area contributed by atoms with Crippen LogP contribution in [0.15, 0.2) is 24.3 Å². The third-order valence-electron chi connectivity index (χ3n) is 6.86. The summed E-state index contributed by atoms with van der Waals surface area (Å²) in [5.41, 5.74) is 4.05. The van der Waals surface area contributed by atoms with Crippen molar-refractivity contribution in [2.45, 2.75) is 118 Å². The minimum Gasteiger partial charge on any atom is -0.229 e. The quantitative estimate of drug-likeness (QED) is 0.340. The molecule has 0 radical (unpaired) electrons. The summed E-state index contributed by atoms with van der Waals surface area (Å²) in [7, 11) is -5.85. The lowest BCUT2D eigenvalue weighted by molar-refractivity contribution is 0.399. The molecular formula is C30H46O6P2+2. The van der Waals surface area contributed by atoms with E-state index in [1.165, 1.54) is 0 Å². The van der Waals surface area contributed by atoms with E-state index in [0.717, 1.165) is 33.4 Å². The molecule has 2 rings (SSSR count). The monoisotopic (exact) mass is 564 g/mol. The van der Waals surface area contributed by atoms with Gasteiger partial charge in [-0.3, -0.25) is 0 Å². The molecule has 0 spiro atoms. The lowest BCUT2D eigenvalue weighted by atomic mass is 9.74. The smallest absolute Gasteiger partial charge is 0.229 e. The predicted molar refractivity (Wildman–Crippen MR) is 156 cm³/mol. The molecule has 0 aliphatic heterocycles. The van der Waals surface area contributed by atoms with Crippen LogP contribution in [0.4, 0.5) is 0 Å². The van der Waals surface area contributed by atoms with Crippen molar-refractivity contribution in [2.24, 2.45) is 0 Å². The highest BCUT2D eigenvalue weighted by Gasteiger charge is 2.36. The molecule has 0 amide bonds. The van der Waals surface area contributed by atoms with E-state index in [2.05, 4.69) is 53.7 Å². The number of hydrogen-bond acceptors (Lipinski definition) is 4. The van der Waals surface area contributed by atoms with Crippen molar-refractivity contribution >= 4 is 16.5 Å². The van der Waals surface area contributed by atoms with Crippen LogP contribution in [0.2, 0.25) is 0 Å². The molecule has 0 fully saturated rings. The van der Waals surface area contributed by atoms with Crippen LogP contribution in [0.25, 0.3) is 0 Å². The van der Waals surface area contributed by atoms with E-state index in [4.69, 9.17) is 9.05 Å². The first-order chi connectivity index (χ1) is 16.9. The molecule has 2 N–H and O–H groups in total. The Hall–Kier alpha value is -1.84. The maximum Gasteiger partial charge on any atom is 0.747 e. The van der Waals surface area contributed by atoms with Gasteiger partial charge in [-0.05, 0) is 32.8 Å². The van der Waals surface area contributed by atoms with Crippen LogP contribution in [0.5, 0.6) is 11.5 Å². The van der Waals surface area contributed by atoms with E-state index < -0.39 is 22.4 Å². The zero-order chi connectivity index (χ0) is 29.6. The topological polar surface area (TPSA) is 93.1 Å². The predicted octanol–water partition coefficient (Wildman–Crippen LogP) is 9.09. The fourth-order valence-electron chi connectivity index (χ4n) is 4.45. The van der Waals surface area contributed by atoms with Crippen LogP contribution in [0, 0.1) is 0 Å². The Bertz CT molecular complexity index is 1130. The van der Waals surface area contributed by atoms with E-state index >= 15 is 0 Å². The average Bonchev–Trinajstić information content (AvgIpc) is 2.69. The van der Waals surface area contributed by atoms with Gasteiger partial charge in [0.05, 0.1) is 0 Å². The minimum absolute atomic E-state index is 0.202. The second-order valence-electron chi connectivity index (χ2n) is 14.3. The molecule has 8 heteroatoms. The molecule has 0 saturated heterocycles. The Morgan fingerprint density at radius 2 is 0.868 bits per heavy atom. The maximum absolute atomic E-state index is 12.1. The Morgan fingerprint density at radius 3 is 1.08 bits per heavy atom. The van der Waals surface area contributed by atoms with E-state index in [9.17, 15) is 18.9 Å². The SMILES string of the molecule is CC(c1cc(C(C)(C)C)cc(C(C)(C)C)c1O[P+](=O)O)c1cc(C(C)(C)C)cc(C(C)(C)C)c1O[P+](=O)O. The summed E-state index contributed by atoms with van der Waals surface area (Å²) in [6, 6.07) is 8.16. The summed E-state index contributed by atoms with van der Waals surface area (Å²) in [5.74, 6) is 0.329. The third-order valence-corrected chi connectivity index (χ3v) is 7.53. The van der Waals surface area contributed by atoms with Gasteiger partial charge in [-0.1, -0.05) is 114 Å². The van der Waals surface area contributed by atoms with Gasteiger partial charge in [-0.2, -0.15) is 0 Å². The highest BCUT2D eigenvalue weighted by Crippen LogP contribution is 2.49.